The van der Waals surface area contributed by atoms with E-state index in [1.165, 1.54) is 25.8 Å². The van der Waals surface area contributed by atoms with Gasteiger partial charge < -0.3 is 10.1 Å². The summed E-state index contributed by atoms with van der Waals surface area (Å²) in [4.78, 5) is 2.73. The molecule has 2 heterocycles. The van der Waals surface area contributed by atoms with Crippen molar-refractivity contribution in [2.75, 3.05) is 26.3 Å². The van der Waals surface area contributed by atoms with Crippen molar-refractivity contribution in [2.45, 2.75) is 65.1 Å². The molecule has 2 rings (SSSR count). The highest BCUT2D eigenvalue weighted by molar-refractivity contribution is 4.92. The van der Waals surface area contributed by atoms with Crippen LogP contribution in [0.2, 0.25) is 0 Å². The van der Waals surface area contributed by atoms with Gasteiger partial charge in [-0.2, -0.15) is 0 Å². The third-order valence-corrected chi connectivity index (χ3v) is 5.44. The fourth-order valence-electron chi connectivity index (χ4n) is 3.79. The Morgan fingerprint density at radius 3 is 2.74 bits per heavy atom. The summed E-state index contributed by atoms with van der Waals surface area (Å²) in [5, 5.41) is 3.73. The van der Waals surface area contributed by atoms with E-state index in [4.69, 9.17) is 4.74 Å². The Bertz CT molecular complexity index is 265. The van der Waals surface area contributed by atoms with E-state index in [1.54, 1.807) is 0 Å². The number of likely N-dealkylation sites (tertiary alicyclic amines) is 1. The van der Waals surface area contributed by atoms with E-state index in [1.807, 2.05) is 0 Å². The summed E-state index contributed by atoms with van der Waals surface area (Å²) in [6.07, 6.45) is 3.77. The molecule has 3 nitrogen and oxygen atoms in total. The minimum atomic E-state index is 0.673. The molecule has 0 radical (unpaired) electrons. The first-order chi connectivity index (χ1) is 9.15. The van der Waals surface area contributed by atoms with Crippen LogP contribution in [-0.2, 0) is 4.74 Å². The average Bonchev–Trinajstić information content (AvgIpc) is 2.94. The Labute approximate surface area is 119 Å². The quantitative estimate of drug-likeness (QED) is 0.829. The molecule has 5 unspecified atom stereocenters. The van der Waals surface area contributed by atoms with Crippen molar-refractivity contribution in [1.29, 1.82) is 0 Å². The summed E-state index contributed by atoms with van der Waals surface area (Å²) in [5.74, 6) is 1.49. The lowest BCUT2D eigenvalue weighted by Crippen LogP contribution is -2.57. The van der Waals surface area contributed by atoms with Crippen molar-refractivity contribution in [2.24, 2.45) is 11.8 Å². The molecule has 0 amide bonds. The molecule has 0 aromatic rings. The van der Waals surface area contributed by atoms with Crippen LogP contribution in [0.3, 0.4) is 0 Å². The van der Waals surface area contributed by atoms with Gasteiger partial charge in [-0.25, -0.2) is 0 Å². The Morgan fingerprint density at radius 2 is 2.11 bits per heavy atom. The summed E-state index contributed by atoms with van der Waals surface area (Å²) in [7, 11) is 0. The second-order valence-corrected chi connectivity index (χ2v) is 6.55. The topological polar surface area (TPSA) is 24.5 Å². The molecular weight excluding hydrogens is 236 g/mol. The second kappa shape index (κ2) is 7.05. The number of hydrogen-bond acceptors (Lipinski definition) is 3. The lowest BCUT2D eigenvalue weighted by atomic mass is 9.84. The molecule has 5 atom stereocenters. The van der Waals surface area contributed by atoms with E-state index >= 15 is 0 Å². The third-order valence-electron chi connectivity index (χ3n) is 5.44. The van der Waals surface area contributed by atoms with Gasteiger partial charge in [0.1, 0.15) is 0 Å². The van der Waals surface area contributed by atoms with Gasteiger partial charge in [0.2, 0.25) is 0 Å². The normalized spacial score (nSPS) is 38.5. The monoisotopic (exact) mass is 268 g/mol. The zero-order chi connectivity index (χ0) is 13.8. The van der Waals surface area contributed by atoms with Crippen LogP contribution < -0.4 is 5.32 Å². The Kier molecular flexibility index (Phi) is 5.67. The number of nitrogens with one attached hydrogen (secondary N) is 1. The van der Waals surface area contributed by atoms with Crippen molar-refractivity contribution in [3.05, 3.63) is 0 Å². The zero-order valence-corrected chi connectivity index (χ0v) is 13.2. The third kappa shape index (κ3) is 3.50. The molecule has 0 aromatic carbocycles. The van der Waals surface area contributed by atoms with Gasteiger partial charge in [0.05, 0.1) is 6.61 Å². The molecule has 0 spiro atoms. The van der Waals surface area contributed by atoms with Crippen molar-refractivity contribution in [3.63, 3.8) is 0 Å². The summed E-state index contributed by atoms with van der Waals surface area (Å²) in [5.41, 5.74) is 0. The molecule has 0 aromatic heterocycles. The molecule has 19 heavy (non-hydrogen) atoms. The van der Waals surface area contributed by atoms with Crippen LogP contribution in [0.15, 0.2) is 0 Å². The molecule has 0 aliphatic carbocycles. The van der Waals surface area contributed by atoms with Gasteiger partial charge in [-0.05, 0) is 51.5 Å². The van der Waals surface area contributed by atoms with Crippen LogP contribution in [0.25, 0.3) is 0 Å². The van der Waals surface area contributed by atoms with Gasteiger partial charge in [-0.15, -0.1) is 0 Å². The predicted octanol–water partition coefficient (Wildman–Crippen LogP) is 2.51. The molecule has 0 saturated carbocycles. The van der Waals surface area contributed by atoms with E-state index in [2.05, 4.69) is 37.9 Å². The van der Waals surface area contributed by atoms with Crippen LogP contribution in [0.1, 0.15) is 47.0 Å². The van der Waals surface area contributed by atoms with Gasteiger partial charge in [-0.3, -0.25) is 4.90 Å². The molecule has 2 saturated heterocycles. The van der Waals surface area contributed by atoms with E-state index in [0.717, 1.165) is 31.6 Å². The summed E-state index contributed by atoms with van der Waals surface area (Å²) < 4.78 is 5.57. The average molecular weight is 268 g/mol. The predicted molar refractivity (Wildman–Crippen MR) is 80.4 cm³/mol. The first-order valence-corrected chi connectivity index (χ1v) is 8.22. The smallest absolute Gasteiger partial charge is 0.0509 e. The van der Waals surface area contributed by atoms with Crippen LogP contribution >= 0.6 is 0 Å². The fourth-order valence-corrected chi connectivity index (χ4v) is 3.79. The highest BCUT2D eigenvalue weighted by atomic mass is 16.5. The number of ether oxygens (including phenoxy) is 1. The van der Waals surface area contributed by atoms with Crippen molar-refractivity contribution >= 4 is 0 Å². The van der Waals surface area contributed by atoms with Gasteiger partial charge in [-0.1, -0.05) is 13.8 Å². The van der Waals surface area contributed by atoms with Gasteiger partial charge in [0, 0.05) is 31.3 Å². The zero-order valence-electron chi connectivity index (χ0n) is 13.2. The molecular formula is C16H32N2O. The van der Waals surface area contributed by atoms with E-state index in [-0.39, 0.29) is 0 Å². The maximum atomic E-state index is 5.57. The first kappa shape index (κ1) is 15.3. The van der Waals surface area contributed by atoms with E-state index in [0.29, 0.717) is 18.1 Å². The van der Waals surface area contributed by atoms with Crippen LogP contribution in [-0.4, -0.2) is 49.3 Å². The number of nitrogens with zero attached hydrogens (tertiary/aromatic N) is 1. The van der Waals surface area contributed by atoms with Crippen molar-refractivity contribution in [3.8, 4) is 0 Å². The Hall–Kier alpha value is -0.120. The first-order valence-electron chi connectivity index (χ1n) is 8.22. The van der Waals surface area contributed by atoms with Gasteiger partial charge in [0.25, 0.3) is 0 Å². The summed E-state index contributed by atoms with van der Waals surface area (Å²) in [6.45, 7) is 13.8. The molecule has 2 aliphatic heterocycles. The minimum absolute atomic E-state index is 0.673. The minimum Gasteiger partial charge on any atom is -0.381 e. The molecule has 2 fully saturated rings. The van der Waals surface area contributed by atoms with Crippen molar-refractivity contribution in [1.82, 2.24) is 10.2 Å². The number of piperidine rings is 1. The molecule has 3 heteroatoms. The highest BCUT2D eigenvalue weighted by Crippen LogP contribution is 2.30. The second-order valence-electron chi connectivity index (χ2n) is 6.55. The van der Waals surface area contributed by atoms with E-state index < -0.39 is 0 Å². The summed E-state index contributed by atoms with van der Waals surface area (Å²) in [6, 6.07) is 2.06. The van der Waals surface area contributed by atoms with Gasteiger partial charge in [0.15, 0.2) is 0 Å². The Balaban J connectivity index is 1.90. The highest BCUT2D eigenvalue weighted by Gasteiger charge is 2.37. The van der Waals surface area contributed by atoms with Crippen LogP contribution in [0, 0.1) is 11.8 Å². The summed E-state index contributed by atoms with van der Waals surface area (Å²) >= 11 is 0. The number of hydrogen-bond donors (Lipinski definition) is 1. The molecule has 1 N–H and O–H groups in total. The largest absolute Gasteiger partial charge is 0.381 e. The fraction of sp³-hybridized carbons (Fsp3) is 1.00. The standard InChI is InChI=1S/C16H32N2O/c1-5-8-17-16-6-9-18(13(3)12(16)2)14(4)15-7-10-19-11-15/h12-17H,5-11H2,1-4H3. The van der Waals surface area contributed by atoms with Crippen LogP contribution in [0.4, 0.5) is 0 Å². The number of rotatable bonds is 5. The maximum absolute atomic E-state index is 5.57. The molecule has 112 valence electrons. The SMILES string of the molecule is CCCNC1CCN(C(C)C2CCOC2)C(C)C1C. The maximum Gasteiger partial charge on any atom is 0.0509 e. The van der Waals surface area contributed by atoms with Crippen LogP contribution in [0.5, 0.6) is 0 Å². The molecule has 0 bridgehead atoms. The lowest BCUT2D eigenvalue weighted by Gasteiger charge is -2.47. The van der Waals surface area contributed by atoms with E-state index in [9.17, 15) is 0 Å². The lowest BCUT2D eigenvalue weighted by molar-refractivity contribution is 0.0275. The van der Waals surface area contributed by atoms with Gasteiger partial charge >= 0.3 is 0 Å². The molecule has 2 aliphatic rings. The Morgan fingerprint density at radius 1 is 1.32 bits per heavy atom. The van der Waals surface area contributed by atoms with Crippen molar-refractivity contribution < 1.29 is 4.74 Å².